The van der Waals surface area contributed by atoms with Crippen molar-refractivity contribution < 1.29 is 9.53 Å². The third kappa shape index (κ3) is 5.13. The maximum Gasteiger partial charge on any atom is 0.263 e. The molecule has 0 bridgehead atoms. The van der Waals surface area contributed by atoms with E-state index in [2.05, 4.69) is 40.7 Å². The molecule has 5 heterocycles. The lowest BCUT2D eigenvalue weighted by Gasteiger charge is -2.36. The third-order valence-corrected chi connectivity index (χ3v) is 7.15. The first-order valence-electron chi connectivity index (χ1n) is 13.2. The fourth-order valence-corrected chi connectivity index (χ4v) is 4.98. The Morgan fingerprint density at radius 3 is 2.55 bits per heavy atom. The van der Waals surface area contributed by atoms with E-state index in [9.17, 15) is 9.59 Å². The summed E-state index contributed by atoms with van der Waals surface area (Å²) in [5.74, 6) is 1.02. The van der Waals surface area contributed by atoms with E-state index >= 15 is 0 Å². The van der Waals surface area contributed by atoms with E-state index in [1.165, 1.54) is 6.20 Å². The molecule has 0 aliphatic carbocycles. The number of H-pyrrole nitrogens is 1. The van der Waals surface area contributed by atoms with E-state index in [1.54, 1.807) is 12.3 Å². The second-order valence-electron chi connectivity index (χ2n) is 9.64. The first kappa shape index (κ1) is 25.2. The standard InChI is InChI=1S/C29H30N8O3/c1-19-23(18-33-29-26(19)31-12-17-40-29)35-22-9-11-32-27(38)25(22)28(39)34-20-5-7-21(8-6-20)36-13-15-37(16-14-36)24-4-2-3-10-30-24/h2-11,18,31H,12-17H2,1H3,(H,34,39)(H2,32,35,38). The van der Waals surface area contributed by atoms with E-state index in [0.29, 0.717) is 36.1 Å². The fourth-order valence-electron chi connectivity index (χ4n) is 4.98. The molecule has 0 radical (unpaired) electrons. The highest BCUT2D eigenvalue weighted by atomic mass is 16.5. The van der Waals surface area contributed by atoms with Gasteiger partial charge >= 0.3 is 0 Å². The van der Waals surface area contributed by atoms with Gasteiger partial charge in [0, 0.05) is 62.1 Å². The Morgan fingerprint density at radius 2 is 1.77 bits per heavy atom. The van der Waals surface area contributed by atoms with Crippen LogP contribution in [0.25, 0.3) is 0 Å². The van der Waals surface area contributed by atoms with Gasteiger partial charge in [0.2, 0.25) is 5.88 Å². The molecule has 0 saturated carbocycles. The molecule has 2 aliphatic rings. The van der Waals surface area contributed by atoms with Gasteiger partial charge in [0.25, 0.3) is 11.5 Å². The highest BCUT2D eigenvalue weighted by Crippen LogP contribution is 2.34. The van der Waals surface area contributed by atoms with Gasteiger partial charge in [0.15, 0.2) is 0 Å². The summed E-state index contributed by atoms with van der Waals surface area (Å²) >= 11 is 0. The van der Waals surface area contributed by atoms with Gasteiger partial charge in [-0.2, -0.15) is 0 Å². The lowest BCUT2D eigenvalue weighted by atomic mass is 10.1. The Hall–Kier alpha value is -5.06. The number of fused-ring (bicyclic) bond motifs is 1. The van der Waals surface area contributed by atoms with Gasteiger partial charge < -0.3 is 35.5 Å². The smallest absolute Gasteiger partial charge is 0.263 e. The molecule has 0 atom stereocenters. The highest BCUT2D eigenvalue weighted by Gasteiger charge is 2.21. The average Bonchev–Trinajstić information content (AvgIpc) is 3.00. The summed E-state index contributed by atoms with van der Waals surface area (Å²) in [4.78, 5) is 42.0. The van der Waals surface area contributed by atoms with Crippen LogP contribution in [0.15, 0.2) is 71.9 Å². The van der Waals surface area contributed by atoms with Crippen LogP contribution in [0.4, 0.5) is 34.3 Å². The zero-order chi connectivity index (χ0) is 27.5. The predicted octanol–water partition coefficient (Wildman–Crippen LogP) is 3.60. The maximum absolute atomic E-state index is 13.3. The first-order valence-corrected chi connectivity index (χ1v) is 13.2. The molecule has 1 saturated heterocycles. The Morgan fingerprint density at radius 1 is 0.975 bits per heavy atom. The molecule has 4 aromatic rings. The summed E-state index contributed by atoms with van der Waals surface area (Å²) < 4.78 is 5.60. The van der Waals surface area contributed by atoms with Gasteiger partial charge in [-0.15, -0.1) is 0 Å². The van der Waals surface area contributed by atoms with Gasteiger partial charge in [-0.3, -0.25) is 9.59 Å². The molecule has 1 aromatic carbocycles. The Bertz CT molecular complexity index is 1560. The van der Waals surface area contributed by atoms with Gasteiger partial charge in [-0.25, -0.2) is 9.97 Å². The topological polar surface area (TPSA) is 128 Å². The Balaban J connectivity index is 1.14. The van der Waals surface area contributed by atoms with Crippen molar-refractivity contribution in [3.05, 3.63) is 88.6 Å². The minimum atomic E-state index is -0.508. The third-order valence-electron chi connectivity index (χ3n) is 7.15. The highest BCUT2D eigenvalue weighted by molar-refractivity contribution is 6.08. The van der Waals surface area contributed by atoms with Crippen LogP contribution in [0.5, 0.6) is 5.88 Å². The number of rotatable bonds is 6. The normalized spacial score (nSPS) is 14.5. The monoisotopic (exact) mass is 538 g/mol. The molecule has 204 valence electrons. The van der Waals surface area contributed by atoms with Crippen LogP contribution in [0.2, 0.25) is 0 Å². The van der Waals surface area contributed by atoms with E-state index < -0.39 is 11.5 Å². The summed E-state index contributed by atoms with van der Waals surface area (Å²) in [6, 6.07) is 15.3. The van der Waals surface area contributed by atoms with Crippen molar-refractivity contribution in [1.82, 2.24) is 15.0 Å². The molecule has 11 nitrogen and oxygen atoms in total. The number of ether oxygens (including phenoxy) is 1. The lowest BCUT2D eigenvalue weighted by molar-refractivity contribution is 0.102. The molecule has 2 aliphatic heterocycles. The SMILES string of the molecule is Cc1c(Nc2cc[nH]c(=O)c2C(=O)Nc2ccc(N3CCN(c4ccccn4)CC3)cc2)cnc2c1NCCO2. The number of aromatic nitrogens is 3. The lowest BCUT2D eigenvalue weighted by Crippen LogP contribution is -2.46. The number of pyridine rings is 3. The quantitative estimate of drug-likeness (QED) is 0.291. The molecular weight excluding hydrogens is 508 g/mol. The maximum atomic E-state index is 13.3. The number of hydrogen-bond acceptors (Lipinski definition) is 9. The fraction of sp³-hybridized carbons (Fsp3) is 0.241. The van der Waals surface area contributed by atoms with Crippen LogP contribution >= 0.6 is 0 Å². The van der Waals surface area contributed by atoms with Crippen molar-refractivity contribution in [1.29, 1.82) is 0 Å². The zero-order valence-corrected chi connectivity index (χ0v) is 22.1. The number of hydrogen-bond donors (Lipinski definition) is 4. The van der Waals surface area contributed by atoms with Crippen LogP contribution < -0.4 is 36.0 Å². The minimum Gasteiger partial charge on any atom is -0.474 e. The van der Waals surface area contributed by atoms with E-state index in [1.807, 2.05) is 55.6 Å². The molecular formula is C29H30N8O3. The van der Waals surface area contributed by atoms with E-state index in [-0.39, 0.29) is 5.56 Å². The zero-order valence-electron chi connectivity index (χ0n) is 22.1. The Kier molecular flexibility index (Phi) is 6.92. The Labute approximate surface area is 231 Å². The molecule has 11 heteroatoms. The number of carbonyl (C=O) groups is 1. The van der Waals surface area contributed by atoms with Crippen LogP contribution in [-0.4, -0.2) is 60.2 Å². The number of anilines is 6. The number of benzene rings is 1. The van der Waals surface area contributed by atoms with Gasteiger partial charge in [0.1, 0.15) is 23.7 Å². The summed E-state index contributed by atoms with van der Waals surface area (Å²) in [6.07, 6.45) is 4.96. The average molecular weight is 539 g/mol. The largest absolute Gasteiger partial charge is 0.474 e. The molecule has 6 rings (SSSR count). The van der Waals surface area contributed by atoms with E-state index in [0.717, 1.165) is 48.9 Å². The number of piperazine rings is 1. The van der Waals surface area contributed by atoms with Crippen LogP contribution in [0.3, 0.4) is 0 Å². The molecule has 0 unspecified atom stereocenters. The molecule has 4 N–H and O–H groups in total. The first-order chi connectivity index (χ1) is 19.6. The molecule has 0 spiro atoms. The van der Waals surface area contributed by atoms with Crippen molar-refractivity contribution >= 4 is 40.2 Å². The molecule has 1 amide bonds. The van der Waals surface area contributed by atoms with Crippen LogP contribution in [0, 0.1) is 6.92 Å². The van der Waals surface area contributed by atoms with Crippen LogP contribution in [-0.2, 0) is 0 Å². The summed E-state index contributed by atoms with van der Waals surface area (Å²) in [7, 11) is 0. The van der Waals surface area contributed by atoms with Gasteiger partial charge in [-0.05, 0) is 49.4 Å². The summed E-state index contributed by atoms with van der Waals surface area (Å²) in [5, 5.41) is 9.37. The van der Waals surface area contributed by atoms with Crippen molar-refractivity contribution in [3.8, 4) is 5.88 Å². The number of aromatic amines is 1. The minimum absolute atomic E-state index is 0.0152. The number of nitrogens with zero attached hydrogens (tertiary/aromatic N) is 4. The van der Waals surface area contributed by atoms with Crippen molar-refractivity contribution in [2.75, 3.05) is 65.1 Å². The van der Waals surface area contributed by atoms with E-state index in [4.69, 9.17) is 4.74 Å². The molecule has 3 aromatic heterocycles. The van der Waals surface area contributed by atoms with Crippen molar-refractivity contribution in [2.45, 2.75) is 6.92 Å². The number of carbonyl (C=O) groups excluding carboxylic acids is 1. The summed E-state index contributed by atoms with van der Waals surface area (Å²) in [5.41, 5.74) is 3.90. The van der Waals surface area contributed by atoms with Crippen molar-refractivity contribution in [3.63, 3.8) is 0 Å². The number of nitrogens with one attached hydrogen (secondary N) is 4. The predicted molar refractivity (Wildman–Crippen MR) is 156 cm³/mol. The molecule has 40 heavy (non-hydrogen) atoms. The van der Waals surface area contributed by atoms with Crippen molar-refractivity contribution in [2.24, 2.45) is 0 Å². The van der Waals surface area contributed by atoms with Gasteiger partial charge in [-0.1, -0.05) is 6.07 Å². The summed E-state index contributed by atoms with van der Waals surface area (Å²) in [6.45, 7) is 6.66. The van der Waals surface area contributed by atoms with Crippen LogP contribution in [0.1, 0.15) is 15.9 Å². The number of amides is 1. The second-order valence-corrected chi connectivity index (χ2v) is 9.64. The molecule has 1 fully saturated rings. The van der Waals surface area contributed by atoms with Gasteiger partial charge in [0.05, 0.1) is 17.6 Å². The second kappa shape index (κ2) is 11.0.